The van der Waals surface area contributed by atoms with Gasteiger partial charge in [-0.25, -0.2) is 9.59 Å². The van der Waals surface area contributed by atoms with Crippen LogP contribution in [0.1, 0.15) is 19.3 Å². The second kappa shape index (κ2) is 8.62. The van der Waals surface area contributed by atoms with Crippen LogP contribution in [0.25, 0.3) is 0 Å². The van der Waals surface area contributed by atoms with E-state index in [1.165, 1.54) is 6.08 Å². The van der Waals surface area contributed by atoms with Crippen molar-refractivity contribution in [1.29, 1.82) is 0 Å². The number of carbonyl (C=O) groups is 4. The second-order valence-electron chi connectivity index (χ2n) is 6.66. The van der Waals surface area contributed by atoms with Gasteiger partial charge in [-0.3, -0.25) is 9.59 Å². The average molecular weight is 356 g/mol. The van der Waals surface area contributed by atoms with Crippen molar-refractivity contribution in [2.45, 2.75) is 51.0 Å². The normalized spacial score (nSPS) is 15.9. The van der Waals surface area contributed by atoms with Gasteiger partial charge in [-0.05, 0) is 12.5 Å². The summed E-state index contributed by atoms with van der Waals surface area (Å²) < 4.78 is 5.05. The fourth-order valence-electron chi connectivity index (χ4n) is 1.83. The minimum Gasteiger partial charge on any atom is -0.450 e. The Hall–Kier alpha value is -2.16. The molecule has 1 aliphatic rings. The topological polar surface area (TPSA) is 102 Å². The van der Waals surface area contributed by atoms with Gasteiger partial charge in [-0.15, -0.1) is 11.6 Å². The smallest absolute Gasteiger partial charge is 0.407 e. The van der Waals surface area contributed by atoms with Crippen molar-refractivity contribution in [3.63, 3.8) is 0 Å². The first kappa shape index (κ1) is 19.9. The summed E-state index contributed by atoms with van der Waals surface area (Å²) in [6, 6.07) is -0.281. The first-order chi connectivity index (χ1) is 11.1. The van der Waals surface area contributed by atoms with Crippen LogP contribution >= 0.6 is 0 Å². The highest BCUT2D eigenvalue weighted by atomic mass is 28.3. The van der Waals surface area contributed by atoms with Crippen molar-refractivity contribution in [2.24, 2.45) is 0 Å². The summed E-state index contributed by atoms with van der Waals surface area (Å²) in [5.41, 5.74) is 0. The molecule has 1 atom stereocenters. The Labute approximate surface area is 142 Å². The molecule has 1 rings (SSSR count). The number of hydrogen-bond acceptors (Lipinski definition) is 6. The fourth-order valence-corrected chi connectivity index (χ4v) is 2.54. The molecule has 1 N–H and O–H groups in total. The molecular weight excluding hydrogens is 332 g/mol. The average Bonchev–Trinajstić information content (AvgIpc) is 2.77. The molecule has 0 aliphatic carbocycles. The minimum absolute atomic E-state index is 0.00437. The molecule has 0 aromatic rings. The molecule has 1 aliphatic heterocycles. The largest absolute Gasteiger partial charge is 0.450 e. The predicted octanol–water partition coefficient (Wildman–Crippen LogP) is 1.60. The molecule has 134 valence electrons. The molecule has 9 heteroatoms. The highest BCUT2D eigenvalue weighted by molar-refractivity contribution is 6.76. The zero-order valence-electron chi connectivity index (χ0n) is 14.3. The molecule has 0 spiro atoms. The van der Waals surface area contributed by atoms with Crippen LogP contribution in [0.4, 0.5) is 4.79 Å². The minimum atomic E-state index is -1.34. The van der Waals surface area contributed by atoms with Gasteiger partial charge in [0.15, 0.2) is 0 Å². The Morgan fingerprint density at radius 1 is 1.29 bits per heavy atom. The molecule has 0 unspecified atom stereocenters. The third-order valence-corrected chi connectivity index (χ3v) is 4.96. The summed E-state index contributed by atoms with van der Waals surface area (Å²) in [7, 11) is -1.34. The second-order valence-corrected chi connectivity index (χ2v) is 12.3. The van der Waals surface area contributed by atoms with E-state index in [1.807, 2.05) is 0 Å². The molecular formula is C15H24N2O6Si. The van der Waals surface area contributed by atoms with Crippen LogP contribution in [-0.2, 0) is 24.0 Å². The Bertz CT molecular complexity index is 513. The third kappa shape index (κ3) is 6.53. The van der Waals surface area contributed by atoms with Gasteiger partial charge in [0.2, 0.25) is 0 Å². The number of imide groups is 1. The lowest BCUT2D eigenvalue weighted by Gasteiger charge is -2.20. The quantitative estimate of drug-likeness (QED) is 0.403. The maximum absolute atomic E-state index is 12.1. The Kier molecular flexibility index (Phi) is 7.14. The van der Waals surface area contributed by atoms with Gasteiger partial charge in [0.1, 0.15) is 6.04 Å². The summed E-state index contributed by atoms with van der Waals surface area (Å²) >= 11 is 0. The standard InChI is InChI=1S/C15H24N2O6Si/c1-5-6-11(16-15(21)22-9-10-24(2,3)4)14(20)23-17-12(18)7-8-13(17)19/h5,11H,1,6-10H2,2-4H3,(H,16,21)/t11-/m0/s1. The highest BCUT2D eigenvalue weighted by Gasteiger charge is 2.35. The molecule has 8 nitrogen and oxygen atoms in total. The molecule has 0 aromatic carbocycles. The van der Waals surface area contributed by atoms with E-state index in [9.17, 15) is 19.2 Å². The zero-order valence-corrected chi connectivity index (χ0v) is 15.3. The van der Waals surface area contributed by atoms with E-state index in [1.54, 1.807) is 0 Å². The van der Waals surface area contributed by atoms with Crippen LogP contribution in [0.5, 0.6) is 0 Å². The Balaban J connectivity index is 2.54. The van der Waals surface area contributed by atoms with Crippen LogP contribution in [0.3, 0.4) is 0 Å². The number of nitrogens with one attached hydrogen (secondary N) is 1. The predicted molar refractivity (Wildman–Crippen MR) is 88.4 cm³/mol. The molecule has 3 amide bonds. The fraction of sp³-hybridized carbons (Fsp3) is 0.600. The number of amides is 3. The lowest BCUT2D eigenvalue weighted by Crippen LogP contribution is -2.45. The lowest BCUT2D eigenvalue weighted by atomic mass is 10.2. The van der Waals surface area contributed by atoms with Crippen molar-refractivity contribution in [3.05, 3.63) is 12.7 Å². The van der Waals surface area contributed by atoms with Gasteiger partial charge in [-0.1, -0.05) is 25.7 Å². The monoisotopic (exact) mass is 356 g/mol. The van der Waals surface area contributed by atoms with E-state index < -0.39 is 38.0 Å². The van der Waals surface area contributed by atoms with Crippen LogP contribution in [0, 0.1) is 0 Å². The first-order valence-corrected chi connectivity index (χ1v) is 11.5. The molecule has 1 saturated heterocycles. The van der Waals surface area contributed by atoms with Gasteiger partial charge in [-0.2, -0.15) is 0 Å². The maximum atomic E-state index is 12.1. The van der Waals surface area contributed by atoms with Gasteiger partial charge in [0, 0.05) is 20.9 Å². The van der Waals surface area contributed by atoms with E-state index in [2.05, 4.69) is 31.5 Å². The molecule has 0 aromatic heterocycles. The summed E-state index contributed by atoms with van der Waals surface area (Å²) in [5.74, 6) is -2.08. The van der Waals surface area contributed by atoms with Crippen molar-refractivity contribution >= 4 is 32.0 Å². The Morgan fingerprint density at radius 3 is 2.38 bits per heavy atom. The van der Waals surface area contributed by atoms with Gasteiger partial charge in [0.05, 0.1) is 6.61 Å². The van der Waals surface area contributed by atoms with Crippen LogP contribution in [-0.4, -0.2) is 49.7 Å². The number of ether oxygens (including phenoxy) is 1. The van der Waals surface area contributed by atoms with E-state index in [0.717, 1.165) is 6.04 Å². The summed E-state index contributed by atoms with van der Waals surface area (Å²) in [4.78, 5) is 51.6. The zero-order chi connectivity index (χ0) is 18.3. The number of carbonyl (C=O) groups excluding carboxylic acids is 4. The summed E-state index contributed by atoms with van der Waals surface area (Å²) in [5, 5.41) is 2.81. The molecule has 1 heterocycles. The number of rotatable bonds is 8. The van der Waals surface area contributed by atoms with E-state index in [0.29, 0.717) is 5.06 Å². The molecule has 0 radical (unpaired) electrons. The SMILES string of the molecule is C=CC[C@H](NC(=O)OCC[Si](C)(C)C)C(=O)ON1C(=O)CCC1=O. The highest BCUT2D eigenvalue weighted by Crippen LogP contribution is 2.13. The summed E-state index contributed by atoms with van der Waals surface area (Å²) in [6.07, 6.45) is 0.755. The van der Waals surface area contributed by atoms with E-state index >= 15 is 0 Å². The number of alkyl carbamates (subject to hydrolysis) is 1. The third-order valence-electron chi connectivity index (χ3n) is 3.25. The van der Waals surface area contributed by atoms with E-state index in [-0.39, 0.29) is 25.9 Å². The maximum Gasteiger partial charge on any atom is 0.407 e. The van der Waals surface area contributed by atoms with Crippen LogP contribution in [0.15, 0.2) is 12.7 Å². The van der Waals surface area contributed by atoms with Crippen LogP contribution < -0.4 is 5.32 Å². The number of nitrogens with zero attached hydrogens (tertiary/aromatic N) is 1. The number of hydroxylamine groups is 2. The van der Waals surface area contributed by atoms with Crippen molar-refractivity contribution in [1.82, 2.24) is 10.4 Å². The molecule has 0 bridgehead atoms. The van der Waals surface area contributed by atoms with Crippen molar-refractivity contribution in [3.8, 4) is 0 Å². The van der Waals surface area contributed by atoms with Crippen molar-refractivity contribution < 1.29 is 28.8 Å². The molecule has 0 saturated carbocycles. The summed E-state index contributed by atoms with van der Waals surface area (Å²) in [6.45, 7) is 10.2. The Morgan fingerprint density at radius 2 is 1.88 bits per heavy atom. The molecule has 24 heavy (non-hydrogen) atoms. The van der Waals surface area contributed by atoms with Gasteiger partial charge < -0.3 is 14.9 Å². The molecule has 1 fully saturated rings. The van der Waals surface area contributed by atoms with E-state index in [4.69, 9.17) is 9.57 Å². The van der Waals surface area contributed by atoms with Gasteiger partial charge >= 0.3 is 12.1 Å². The lowest BCUT2D eigenvalue weighted by molar-refractivity contribution is -0.198. The van der Waals surface area contributed by atoms with Gasteiger partial charge in [0.25, 0.3) is 11.8 Å². The van der Waals surface area contributed by atoms with Crippen molar-refractivity contribution in [2.75, 3.05) is 6.61 Å². The number of hydrogen-bond donors (Lipinski definition) is 1. The first-order valence-electron chi connectivity index (χ1n) is 7.76. The van der Waals surface area contributed by atoms with Crippen LogP contribution in [0.2, 0.25) is 25.7 Å².